The van der Waals surface area contributed by atoms with Crippen molar-refractivity contribution in [1.82, 2.24) is 10.2 Å². The Balaban J connectivity index is 1.66. The number of rotatable bonds is 9. The zero-order valence-electron chi connectivity index (χ0n) is 17.2. The highest BCUT2D eigenvalue weighted by molar-refractivity contribution is 5.76. The number of hydrogen-bond donors (Lipinski definition) is 1. The Morgan fingerprint density at radius 3 is 2.48 bits per heavy atom. The first-order chi connectivity index (χ1) is 14.2. The maximum atomic E-state index is 12.5. The summed E-state index contributed by atoms with van der Waals surface area (Å²) in [5, 5.41) is 3.12. The molecule has 0 unspecified atom stereocenters. The zero-order valence-corrected chi connectivity index (χ0v) is 17.2. The molecule has 1 saturated heterocycles. The normalized spacial score (nSPS) is 15.5. The van der Waals surface area contributed by atoms with Crippen LogP contribution in [0.2, 0.25) is 0 Å². The van der Waals surface area contributed by atoms with Crippen molar-refractivity contribution in [2.24, 2.45) is 0 Å². The molecule has 0 saturated carbocycles. The van der Waals surface area contributed by atoms with Crippen LogP contribution in [-0.4, -0.2) is 57.9 Å². The van der Waals surface area contributed by atoms with E-state index in [0.717, 1.165) is 25.1 Å². The summed E-state index contributed by atoms with van der Waals surface area (Å²) in [4.78, 5) is 14.8. The minimum absolute atomic E-state index is 0.0550. The number of nitrogens with zero attached hydrogens (tertiary/aromatic N) is 1. The van der Waals surface area contributed by atoms with Crippen LogP contribution >= 0.6 is 0 Å². The summed E-state index contributed by atoms with van der Waals surface area (Å²) < 4.78 is 16.3. The molecule has 6 nitrogen and oxygen atoms in total. The number of nitrogens with one attached hydrogen (secondary N) is 1. The lowest BCUT2D eigenvalue weighted by Gasteiger charge is -2.35. The topological polar surface area (TPSA) is 60.0 Å². The van der Waals surface area contributed by atoms with Crippen LogP contribution in [0.15, 0.2) is 48.5 Å². The fourth-order valence-corrected chi connectivity index (χ4v) is 3.61. The van der Waals surface area contributed by atoms with Crippen molar-refractivity contribution in [3.8, 4) is 11.5 Å². The van der Waals surface area contributed by atoms with Gasteiger partial charge in [-0.3, -0.25) is 9.69 Å². The molecule has 0 bridgehead atoms. The molecule has 0 radical (unpaired) electrons. The van der Waals surface area contributed by atoms with E-state index in [4.69, 9.17) is 14.2 Å². The molecule has 3 rings (SSSR count). The zero-order chi connectivity index (χ0) is 20.5. The van der Waals surface area contributed by atoms with Crippen molar-refractivity contribution in [1.29, 1.82) is 0 Å². The molecule has 1 heterocycles. The van der Waals surface area contributed by atoms with Crippen LogP contribution in [0.5, 0.6) is 11.5 Å². The summed E-state index contributed by atoms with van der Waals surface area (Å²) in [7, 11) is 3.26. The second-order valence-corrected chi connectivity index (χ2v) is 7.07. The monoisotopic (exact) mass is 398 g/mol. The third-order valence-corrected chi connectivity index (χ3v) is 5.25. The molecular weight excluding hydrogens is 368 g/mol. The van der Waals surface area contributed by atoms with E-state index in [0.29, 0.717) is 37.7 Å². The molecular formula is C23H30N2O4. The minimum Gasteiger partial charge on any atom is -0.493 e. The smallest absolute Gasteiger partial charge is 0.220 e. The molecule has 2 aromatic carbocycles. The lowest BCUT2D eigenvalue weighted by Crippen LogP contribution is -2.43. The van der Waals surface area contributed by atoms with Gasteiger partial charge in [0.1, 0.15) is 0 Å². The average molecular weight is 399 g/mol. The van der Waals surface area contributed by atoms with Crippen molar-refractivity contribution in [2.45, 2.75) is 18.9 Å². The van der Waals surface area contributed by atoms with Gasteiger partial charge in [-0.1, -0.05) is 36.4 Å². The first-order valence-electron chi connectivity index (χ1n) is 10.1. The van der Waals surface area contributed by atoms with Crippen molar-refractivity contribution >= 4 is 5.91 Å². The molecule has 1 aliphatic heterocycles. The molecule has 0 aliphatic carbocycles. The molecule has 0 aromatic heterocycles. The summed E-state index contributed by atoms with van der Waals surface area (Å²) in [6.45, 7) is 3.61. The maximum Gasteiger partial charge on any atom is 0.220 e. The molecule has 29 heavy (non-hydrogen) atoms. The first kappa shape index (κ1) is 21.1. The highest BCUT2D eigenvalue weighted by Crippen LogP contribution is 2.32. The standard InChI is InChI=1S/C23H30N2O4/c1-27-21-10-9-19(16-22(21)28-2)20(25-12-14-29-15-13-25)17-24-23(26)11-8-18-6-4-3-5-7-18/h3-7,9-10,16,20H,8,11-15,17H2,1-2H3,(H,24,26)/t20-/m0/s1. The summed E-state index contributed by atoms with van der Waals surface area (Å²) in [5.41, 5.74) is 2.26. The Hall–Kier alpha value is -2.57. The third-order valence-electron chi connectivity index (χ3n) is 5.25. The Labute approximate surface area is 172 Å². The molecule has 2 aromatic rings. The van der Waals surface area contributed by atoms with Crippen molar-refractivity contribution in [3.63, 3.8) is 0 Å². The lowest BCUT2D eigenvalue weighted by atomic mass is 10.0. The molecule has 1 atom stereocenters. The number of benzene rings is 2. The van der Waals surface area contributed by atoms with Gasteiger partial charge in [0.2, 0.25) is 5.91 Å². The highest BCUT2D eigenvalue weighted by atomic mass is 16.5. The number of ether oxygens (including phenoxy) is 3. The van der Waals surface area contributed by atoms with E-state index in [1.807, 2.05) is 48.5 Å². The van der Waals surface area contributed by atoms with Crippen LogP contribution in [0.1, 0.15) is 23.6 Å². The summed E-state index contributed by atoms with van der Waals surface area (Å²) in [5.74, 6) is 1.45. The van der Waals surface area contributed by atoms with E-state index in [-0.39, 0.29) is 11.9 Å². The van der Waals surface area contributed by atoms with Crippen LogP contribution in [-0.2, 0) is 16.0 Å². The van der Waals surface area contributed by atoms with Gasteiger partial charge in [0.05, 0.1) is 33.5 Å². The van der Waals surface area contributed by atoms with Gasteiger partial charge in [-0.2, -0.15) is 0 Å². The Morgan fingerprint density at radius 2 is 1.79 bits per heavy atom. The number of hydrogen-bond acceptors (Lipinski definition) is 5. The van der Waals surface area contributed by atoms with Gasteiger partial charge in [-0.05, 0) is 29.7 Å². The third kappa shape index (κ3) is 5.95. The number of carbonyl (C=O) groups excluding carboxylic acids is 1. The molecule has 1 amide bonds. The SMILES string of the molecule is COc1ccc([C@H](CNC(=O)CCc2ccccc2)N2CCOCC2)cc1OC. The van der Waals surface area contributed by atoms with Crippen molar-refractivity contribution in [2.75, 3.05) is 47.1 Å². The van der Waals surface area contributed by atoms with E-state index in [9.17, 15) is 4.79 Å². The fourth-order valence-electron chi connectivity index (χ4n) is 3.61. The molecule has 1 aliphatic rings. The number of carbonyl (C=O) groups is 1. The number of aryl methyl sites for hydroxylation is 1. The lowest BCUT2D eigenvalue weighted by molar-refractivity contribution is -0.121. The fraction of sp³-hybridized carbons (Fsp3) is 0.435. The summed E-state index contributed by atoms with van der Waals surface area (Å²) in [6.07, 6.45) is 1.22. The van der Waals surface area contributed by atoms with Crippen LogP contribution in [0.3, 0.4) is 0 Å². The Bertz CT molecular complexity index is 776. The van der Waals surface area contributed by atoms with E-state index in [1.165, 1.54) is 5.56 Å². The summed E-state index contributed by atoms with van der Waals surface area (Å²) in [6, 6.07) is 16.1. The largest absolute Gasteiger partial charge is 0.493 e. The van der Waals surface area contributed by atoms with Gasteiger partial charge in [0, 0.05) is 26.1 Å². The van der Waals surface area contributed by atoms with Gasteiger partial charge >= 0.3 is 0 Å². The van der Waals surface area contributed by atoms with Crippen LogP contribution in [0, 0.1) is 0 Å². The molecule has 156 valence electrons. The van der Waals surface area contributed by atoms with Gasteiger partial charge in [-0.25, -0.2) is 0 Å². The van der Waals surface area contributed by atoms with Gasteiger partial charge < -0.3 is 19.5 Å². The van der Waals surface area contributed by atoms with Crippen LogP contribution in [0.4, 0.5) is 0 Å². The quantitative estimate of drug-likeness (QED) is 0.704. The van der Waals surface area contributed by atoms with E-state index in [2.05, 4.69) is 10.2 Å². The number of morpholine rings is 1. The van der Waals surface area contributed by atoms with E-state index in [1.54, 1.807) is 14.2 Å². The number of amides is 1. The van der Waals surface area contributed by atoms with E-state index < -0.39 is 0 Å². The first-order valence-corrected chi connectivity index (χ1v) is 10.1. The highest BCUT2D eigenvalue weighted by Gasteiger charge is 2.24. The van der Waals surface area contributed by atoms with E-state index >= 15 is 0 Å². The molecule has 6 heteroatoms. The van der Waals surface area contributed by atoms with Gasteiger partial charge in [0.15, 0.2) is 11.5 Å². The second kappa shape index (κ2) is 10.8. The second-order valence-electron chi connectivity index (χ2n) is 7.07. The van der Waals surface area contributed by atoms with Crippen LogP contribution in [0.25, 0.3) is 0 Å². The number of methoxy groups -OCH3 is 2. The Morgan fingerprint density at radius 1 is 1.07 bits per heavy atom. The molecule has 1 fully saturated rings. The van der Waals surface area contributed by atoms with Gasteiger partial charge in [0.25, 0.3) is 0 Å². The summed E-state index contributed by atoms with van der Waals surface area (Å²) >= 11 is 0. The molecule has 0 spiro atoms. The van der Waals surface area contributed by atoms with Crippen molar-refractivity contribution in [3.05, 3.63) is 59.7 Å². The van der Waals surface area contributed by atoms with Gasteiger partial charge in [-0.15, -0.1) is 0 Å². The van der Waals surface area contributed by atoms with Crippen molar-refractivity contribution < 1.29 is 19.0 Å². The minimum atomic E-state index is 0.0550. The maximum absolute atomic E-state index is 12.5. The average Bonchev–Trinajstić information content (AvgIpc) is 2.79. The Kier molecular flexibility index (Phi) is 7.90. The predicted molar refractivity (Wildman–Crippen MR) is 112 cm³/mol. The predicted octanol–water partition coefficient (Wildman–Crippen LogP) is 2.83. The van der Waals surface area contributed by atoms with Crippen LogP contribution < -0.4 is 14.8 Å². The molecule has 1 N–H and O–H groups in total.